The van der Waals surface area contributed by atoms with Gasteiger partial charge in [0, 0.05) is 24.7 Å². The van der Waals surface area contributed by atoms with E-state index in [1.54, 1.807) is 17.0 Å². The lowest BCUT2D eigenvalue weighted by Crippen LogP contribution is -2.36. The Morgan fingerprint density at radius 2 is 1.84 bits per heavy atom. The molecule has 2 atom stereocenters. The molecular formula is C13H17ClN2O3. The summed E-state index contributed by atoms with van der Waals surface area (Å²) in [5.74, 6) is -0.128. The number of aliphatic hydroxyl groups is 2. The van der Waals surface area contributed by atoms with Gasteiger partial charge in [-0.15, -0.1) is 0 Å². The molecule has 104 valence electrons. The highest BCUT2D eigenvalue weighted by Crippen LogP contribution is 2.10. The first-order valence-electron chi connectivity index (χ1n) is 6.14. The molecule has 1 saturated heterocycles. The topological polar surface area (TPSA) is 72.8 Å². The first-order chi connectivity index (χ1) is 9.04. The van der Waals surface area contributed by atoms with Crippen LogP contribution in [0, 0.1) is 0 Å². The van der Waals surface area contributed by atoms with Crippen molar-refractivity contribution in [2.24, 2.45) is 0 Å². The number of benzene rings is 1. The Labute approximate surface area is 116 Å². The maximum absolute atomic E-state index is 11.7. The SMILES string of the molecule is O=C(CN1C[C@@H](O)[C@@H](O)C1)NCc1ccc(Cl)cc1. The molecule has 5 nitrogen and oxygen atoms in total. The van der Waals surface area contributed by atoms with Gasteiger partial charge in [-0.25, -0.2) is 0 Å². The van der Waals surface area contributed by atoms with Crippen molar-refractivity contribution in [3.63, 3.8) is 0 Å². The maximum Gasteiger partial charge on any atom is 0.234 e. The van der Waals surface area contributed by atoms with Gasteiger partial charge in [-0.2, -0.15) is 0 Å². The first-order valence-corrected chi connectivity index (χ1v) is 6.52. The number of likely N-dealkylation sites (tertiary alicyclic amines) is 1. The van der Waals surface area contributed by atoms with E-state index in [0.717, 1.165) is 5.56 Å². The summed E-state index contributed by atoms with van der Waals surface area (Å²) in [6.45, 7) is 1.28. The van der Waals surface area contributed by atoms with E-state index in [0.29, 0.717) is 24.7 Å². The van der Waals surface area contributed by atoms with Gasteiger partial charge in [-0.05, 0) is 17.7 Å². The number of hydrogen-bond acceptors (Lipinski definition) is 4. The normalized spacial score (nSPS) is 23.5. The summed E-state index contributed by atoms with van der Waals surface area (Å²) < 4.78 is 0. The first kappa shape index (κ1) is 14.3. The van der Waals surface area contributed by atoms with Gasteiger partial charge in [0.25, 0.3) is 0 Å². The molecular weight excluding hydrogens is 268 g/mol. The lowest BCUT2D eigenvalue weighted by atomic mass is 10.2. The summed E-state index contributed by atoms with van der Waals surface area (Å²) in [5, 5.41) is 22.2. The van der Waals surface area contributed by atoms with Crippen LogP contribution in [0.5, 0.6) is 0 Å². The Balaban J connectivity index is 1.74. The van der Waals surface area contributed by atoms with Gasteiger partial charge in [0.1, 0.15) is 0 Å². The third kappa shape index (κ3) is 4.18. The van der Waals surface area contributed by atoms with Gasteiger partial charge in [-0.1, -0.05) is 23.7 Å². The number of β-amino-alcohol motifs (C(OH)–C–C–N with tert-alkyl or cyclic N) is 2. The van der Waals surface area contributed by atoms with Crippen molar-refractivity contribution in [2.75, 3.05) is 19.6 Å². The van der Waals surface area contributed by atoms with Gasteiger partial charge in [0.2, 0.25) is 5.91 Å². The van der Waals surface area contributed by atoms with Crippen molar-refractivity contribution in [3.05, 3.63) is 34.9 Å². The van der Waals surface area contributed by atoms with E-state index < -0.39 is 12.2 Å². The molecule has 0 aromatic heterocycles. The number of halogens is 1. The number of amides is 1. The molecule has 0 aliphatic carbocycles. The van der Waals surface area contributed by atoms with E-state index in [1.165, 1.54) is 0 Å². The molecule has 6 heteroatoms. The second kappa shape index (κ2) is 6.34. The molecule has 1 amide bonds. The van der Waals surface area contributed by atoms with Crippen molar-refractivity contribution in [3.8, 4) is 0 Å². The number of nitrogens with zero attached hydrogens (tertiary/aromatic N) is 1. The summed E-state index contributed by atoms with van der Waals surface area (Å²) in [4.78, 5) is 13.4. The Morgan fingerprint density at radius 3 is 2.42 bits per heavy atom. The molecule has 1 aliphatic rings. The number of aliphatic hydroxyl groups excluding tert-OH is 2. The van der Waals surface area contributed by atoms with Crippen LogP contribution in [0.3, 0.4) is 0 Å². The molecule has 2 rings (SSSR count). The van der Waals surface area contributed by atoms with Gasteiger partial charge in [0.15, 0.2) is 0 Å². The number of hydrogen-bond donors (Lipinski definition) is 3. The highest BCUT2D eigenvalue weighted by atomic mass is 35.5. The molecule has 0 radical (unpaired) electrons. The summed E-state index contributed by atoms with van der Waals surface area (Å²) in [7, 11) is 0. The van der Waals surface area contributed by atoms with Gasteiger partial charge in [0.05, 0.1) is 18.8 Å². The average molecular weight is 285 g/mol. The highest BCUT2D eigenvalue weighted by Gasteiger charge is 2.30. The van der Waals surface area contributed by atoms with Crippen LogP contribution >= 0.6 is 11.6 Å². The predicted octanol–water partition coefficient (Wildman–Crippen LogP) is -0.00640. The molecule has 19 heavy (non-hydrogen) atoms. The number of carbonyl (C=O) groups excluding carboxylic acids is 1. The second-order valence-corrected chi connectivity index (χ2v) is 5.17. The molecule has 0 spiro atoms. The van der Waals surface area contributed by atoms with Gasteiger partial charge in [-0.3, -0.25) is 9.69 Å². The Kier molecular flexibility index (Phi) is 4.76. The fourth-order valence-corrected chi connectivity index (χ4v) is 2.16. The zero-order valence-corrected chi connectivity index (χ0v) is 11.2. The van der Waals surface area contributed by atoms with Crippen molar-refractivity contribution in [1.82, 2.24) is 10.2 Å². The minimum atomic E-state index is -0.760. The van der Waals surface area contributed by atoms with Crippen molar-refractivity contribution >= 4 is 17.5 Å². The molecule has 0 unspecified atom stereocenters. The molecule has 1 aromatic carbocycles. The van der Waals surface area contributed by atoms with Crippen molar-refractivity contribution in [1.29, 1.82) is 0 Å². The van der Waals surface area contributed by atoms with Crippen LogP contribution in [-0.4, -0.2) is 52.9 Å². The van der Waals surface area contributed by atoms with Crippen LogP contribution in [0.4, 0.5) is 0 Å². The molecule has 1 fully saturated rings. The number of nitrogens with one attached hydrogen (secondary N) is 1. The smallest absolute Gasteiger partial charge is 0.234 e. The predicted molar refractivity (Wildman–Crippen MR) is 71.8 cm³/mol. The second-order valence-electron chi connectivity index (χ2n) is 4.73. The van der Waals surface area contributed by atoms with Crippen LogP contribution in [0.25, 0.3) is 0 Å². The summed E-state index contributed by atoms with van der Waals surface area (Å²) in [6, 6.07) is 7.25. The van der Waals surface area contributed by atoms with Crippen LogP contribution in [-0.2, 0) is 11.3 Å². The minimum absolute atomic E-state index is 0.128. The highest BCUT2D eigenvalue weighted by molar-refractivity contribution is 6.30. The summed E-state index contributed by atoms with van der Waals surface area (Å²) in [5.41, 5.74) is 0.972. The van der Waals surface area contributed by atoms with Crippen LogP contribution in [0.15, 0.2) is 24.3 Å². The fraction of sp³-hybridized carbons (Fsp3) is 0.462. The summed E-state index contributed by atoms with van der Waals surface area (Å²) in [6.07, 6.45) is -1.52. The van der Waals surface area contributed by atoms with Gasteiger partial charge < -0.3 is 15.5 Å². The zero-order valence-electron chi connectivity index (χ0n) is 10.4. The lowest BCUT2D eigenvalue weighted by molar-refractivity contribution is -0.122. The molecule has 1 aromatic rings. The monoisotopic (exact) mass is 284 g/mol. The lowest BCUT2D eigenvalue weighted by Gasteiger charge is -2.14. The van der Waals surface area contributed by atoms with E-state index >= 15 is 0 Å². The third-order valence-corrected chi connectivity index (χ3v) is 3.36. The fourth-order valence-electron chi connectivity index (χ4n) is 2.04. The minimum Gasteiger partial charge on any atom is -0.389 e. The quantitative estimate of drug-likeness (QED) is 0.727. The largest absolute Gasteiger partial charge is 0.389 e. The van der Waals surface area contributed by atoms with E-state index in [4.69, 9.17) is 11.6 Å². The van der Waals surface area contributed by atoms with E-state index in [-0.39, 0.29) is 12.5 Å². The van der Waals surface area contributed by atoms with Crippen molar-refractivity contribution < 1.29 is 15.0 Å². The Bertz CT molecular complexity index is 428. The van der Waals surface area contributed by atoms with Crippen molar-refractivity contribution in [2.45, 2.75) is 18.8 Å². The van der Waals surface area contributed by atoms with Gasteiger partial charge >= 0.3 is 0 Å². The van der Waals surface area contributed by atoms with E-state index in [1.807, 2.05) is 12.1 Å². The number of rotatable bonds is 4. The third-order valence-electron chi connectivity index (χ3n) is 3.10. The molecule has 0 bridgehead atoms. The van der Waals surface area contributed by atoms with Crippen LogP contribution in [0.1, 0.15) is 5.56 Å². The maximum atomic E-state index is 11.7. The molecule has 0 saturated carbocycles. The molecule has 3 N–H and O–H groups in total. The summed E-state index contributed by atoms with van der Waals surface area (Å²) >= 11 is 5.77. The van der Waals surface area contributed by atoms with E-state index in [9.17, 15) is 15.0 Å². The van der Waals surface area contributed by atoms with Crippen LogP contribution in [0.2, 0.25) is 5.02 Å². The van der Waals surface area contributed by atoms with E-state index in [2.05, 4.69) is 5.32 Å². The molecule has 1 aliphatic heterocycles. The average Bonchev–Trinajstić information content (AvgIpc) is 2.67. The standard InChI is InChI=1S/C13H17ClN2O3/c14-10-3-1-9(2-4-10)5-15-13(19)8-16-6-11(17)12(18)7-16/h1-4,11-12,17-18H,5-8H2,(H,15,19)/t11-,12+. The Hall–Kier alpha value is -1.14. The Morgan fingerprint density at radius 1 is 1.26 bits per heavy atom. The molecule has 1 heterocycles. The number of carbonyl (C=O) groups is 1. The zero-order chi connectivity index (χ0) is 13.8. The van der Waals surface area contributed by atoms with Crippen LogP contribution < -0.4 is 5.32 Å².